The lowest BCUT2D eigenvalue weighted by Gasteiger charge is -2.27. The molecule has 0 bridgehead atoms. The van der Waals surface area contributed by atoms with E-state index in [2.05, 4.69) is 18.7 Å². The molecule has 0 aliphatic carbocycles. The number of nitro benzene ring substituents is 1. The van der Waals surface area contributed by atoms with E-state index >= 15 is 0 Å². The molecule has 37 heavy (non-hydrogen) atoms. The fourth-order valence-corrected chi connectivity index (χ4v) is 4.59. The van der Waals surface area contributed by atoms with Crippen LogP contribution < -0.4 is 0 Å². The van der Waals surface area contributed by atoms with E-state index in [4.69, 9.17) is 0 Å². The third kappa shape index (κ3) is 6.80. The van der Waals surface area contributed by atoms with Crippen LogP contribution in [0.4, 0.5) is 10.1 Å². The fraction of sp³-hybridized carbons (Fsp3) is 0.429. The highest BCUT2D eigenvalue weighted by Crippen LogP contribution is 2.39. The molecule has 0 saturated carbocycles. The molecule has 0 spiro atoms. The van der Waals surface area contributed by atoms with Gasteiger partial charge in [0.15, 0.2) is 0 Å². The summed E-state index contributed by atoms with van der Waals surface area (Å²) in [5, 5.41) is 22.1. The van der Waals surface area contributed by atoms with Gasteiger partial charge < -0.3 is 14.9 Å². The predicted molar refractivity (Wildman–Crippen MR) is 139 cm³/mol. The number of amides is 1. The Hall–Kier alpha value is -3.59. The lowest BCUT2D eigenvalue weighted by molar-refractivity contribution is -0.384. The summed E-state index contributed by atoms with van der Waals surface area (Å²) in [6.07, 6.45) is 4.93. The molecule has 1 amide bonds. The van der Waals surface area contributed by atoms with Gasteiger partial charge in [-0.1, -0.05) is 38.8 Å². The smallest absolute Gasteiger partial charge is 0.295 e. The van der Waals surface area contributed by atoms with E-state index in [1.54, 1.807) is 6.07 Å². The Kier molecular flexibility index (Phi) is 9.91. The highest BCUT2D eigenvalue weighted by atomic mass is 19.1. The van der Waals surface area contributed by atoms with Crippen molar-refractivity contribution in [2.75, 3.05) is 26.2 Å². The average molecular weight is 512 g/mol. The maximum Gasteiger partial charge on any atom is 0.295 e. The Balaban J connectivity index is 1.93. The number of nitrogens with zero attached hydrogens (tertiary/aromatic N) is 3. The second-order valence-corrected chi connectivity index (χ2v) is 9.25. The van der Waals surface area contributed by atoms with Crippen LogP contribution >= 0.6 is 0 Å². The molecule has 3 rings (SSSR count). The topological polar surface area (TPSA) is 104 Å². The van der Waals surface area contributed by atoms with Crippen LogP contribution in [0.3, 0.4) is 0 Å². The molecule has 1 atom stereocenters. The van der Waals surface area contributed by atoms with E-state index in [1.165, 1.54) is 47.4 Å². The first-order valence-electron chi connectivity index (χ1n) is 12.8. The first-order chi connectivity index (χ1) is 17.8. The van der Waals surface area contributed by atoms with Crippen LogP contribution in [0.25, 0.3) is 5.76 Å². The number of rotatable bonds is 13. The van der Waals surface area contributed by atoms with Gasteiger partial charge in [0.05, 0.1) is 16.5 Å². The van der Waals surface area contributed by atoms with Gasteiger partial charge in [-0.15, -0.1) is 0 Å². The number of non-ortho nitro benzene ring substituents is 1. The SMILES string of the molecule is CCCCN(CCCC)CCCN1C(=O)C(=O)/C(=C(\O)c2ccc([N+](=O)[O-])cc2)C1c1cccc(F)c1. The molecule has 1 aliphatic rings. The molecule has 198 valence electrons. The van der Waals surface area contributed by atoms with Crippen molar-refractivity contribution in [3.05, 3.63) is 81.2 Å². The van der Waals surface area contributed by atoms with Crippen LogP contribution in [0.1, 0.15) is 63.1 Å². The van der Waals surface area contributed by atoms with Crippen molar-refractivity contribution >= 4 is 23.1 Å². The van der Waals surface area contributed by atoms with E-state index in [0.29, 0.717) is 12.0 Å². The minimum Gasteiger partial charge on any atom is -0.507 e. The number of carbonyl (C=O) groups is 2. The van der Waals surface area contributed by atoms with Gasteiger partial charge in [-0.3, -0.25) is 19.7 Å². The summed E-state index contributed by atoms with van der Waals surface area (Å²) >= 11 is 0. The van der Waals surface area contributed by atoms with Crippen LogP contribution in [-0.2, 0) is 9.59 Å². The number of hydrogen-bond acceptors (Lipinski definition) is 6. The van der Waals surface area contributed by atoms with Crippen molar-refractivity contribution in [3.63, 3.8) is 0 Å². The number of nitro groups is 1. The van der Waals surface area contributed by atoms with Crippen LogP contribution in [0.15, 0.2) is 54.1 Å². The second-order valence-electron chi connectivity index (χ2n) is 9.25. The Labute approximate surface area is 216 Å². The van der Waals surface area contributed by atoms with Crippen LogP contribution in [-0.4, -0.2) is 57.7 Å². The Morgan fingerprint density at radius 2 is 1.65 bits per heavy atom. The van der Waals surface area contributed by atoms with Crippen molar-refractivity contribution < 1.29 is 24.0 Å². The third-order valence-corrected chi connectivity index (χ3v) is 6.59. The monoisotopic (exact) mass is 511 g/mol. The van der Waals surface area contributed by atoms with E-state index in [9.17, 15) is 29.2 Å². The quantitative estimate of drug-likeness (QED) is 0.126. The maximum atomic E-state index is 14.2. The molecular formula is C28H34FN3O5. The number of halogens is 1. The number of aliphatic hydroxyl groups is 1. The number of aliphatic hydroxyl groups excluding tert-OH is 1. The summed E-state index contributed by atoms with van der Waals surface area (Å²) in [6.45, 7) is 7.22. The number of carbonyl (C=O) groups excluding carboxylic acids is 2. The highest BCUT2D eigenvalue weighted by molar-refractivity contribution is 6.46. The molecule has 1 saturated heterocycles. The van der Waals surface area contributed by atoms with Crippen LogP contribution in [0.2, 0.25) is 0 Å². The normalized spacial score (nSPS) is 17.1. The van der Waals surface area contributed by atoms with Crippen molar-refractivity contribution in [1.29, 1.82) is 0 Å². The number of benzene rings is 2. The number of unbranched alkanes of at least 4 members (excludes halogenated alkanes) is 2. The summed E-state index contributed by atoms with van der Waals surface area (Å²) in [7, 11) is 0. The molecule has 8 nitrogen and oxygen atoms in total. The van der Waals surface area contributed by atoms with Gasteiger partial charge in [-0.2, -0.15) is 0 Å². The zero-order chi connectivity index (χ0) is 26.9. The molecule has 9 heteroatoms. The molecule has 0 aromatic heterocycles. The lowest BCUT2D eigenvalue weighted by Crippen LogP contribution is -2.34. The van der Waals surface area contributed by atoms with Gasteiger partial charge in [0.2, 0.25) is 0 Å². The maximum absolute atomic E-state index is 14.2. The molecule has 1 unspecified atom stereocenters. The van der Waals surface area contributed by atoms with E-state index in [0.717, 1.165) is 45.3 Å². The number of hydrogen-bond donors (Lipinski definition) is 1. The van der Waals surface area contributed by atoms with Crippen LogP contribution in [0.5, 0.6) is 0 Å². The fourth-order valence-electron chi connectivity index (χ4n) is 4.59. The van der Waals surface area contributed by atoms with Crippen molar-refractivity contribution in [3.8, 4) is 0 Å². The Bertz CT molecular complexity index is 1140. The summed E-state index contributed by atoms with van der Waals surface area (Å²) in [5.74, 6) is -2.59. The minimum absolute atomic E-state index is 0.154. The summed E-state index contributed by atoms with van der Waals surface area (Å²) < 4.78 is 14.2. The van der Waals surface area contributed by atoms with Gasteiger partial charge in [0, 0.05) is 24.2 Å². The zero-order valence-electron chi connectivity index (χ0n) is 21.4. The highest BCUT2D eigenvalue weighted by Gasteiger charge is 2.46. The van der Waals surface area contributed by atoms with Gasteiger partial charge in [-0.25, -0.2) is 4.39 Å². The molecule has 1 heterocycles. The lowest BCUT2D eigenvalue weighted by atomic mass is 9.95. The second kappa shape index (κ2) is 13.1. The van der Waals surface area contributed by atoms with E-state index < -0.39 is 34.2 Å². The van der Waals surface area contributed by atoms with E-state index in [1.807, 2.05) is 0 Å². The van der Waals surface area contributed by atoms with Crippen LogP contribution in [0, 0.1) is 15.9 Å². The number of ketones is 1. The van der Waals surface area contributed by atoms with Gasteiger partial charge in [-0.05, 0) is 68.7 Å². The first-order valence-corrected chi connectivity index (χ1v) is 12.8. The standard InChI is InChI=1S/C28H34FN3O5/c1-3-5-15-30(16-6-4-2)17-8-18-31-25(21-9-7-10-22(29)19-21)24(27(34)28(31)35)26(33)20-11-13-23(14-12-20)32(36)37/h7,9-14,19,25,33H,3-6,8,15-18H2,1-2H3/b26-24-. The van der Waals surface area contributed by atoms with Crippen molar-refractivity contribution in [2.45, 2.75) is 52.0 Å². The molecule has 1 fully saturated rings. The van der Waals surface area contributed by atoms with Gasteiger partial charge in [0.1, 0.15) is 11.6 Å². The molecule has 1 N–H and O–H groups in total. The van der Waals surface area contributed by atoms with Crippen molar-refractivity contribution in [2.24, 2.45) is 0 Å². The Morgan fingerprint density at radius 3 is 2.22 bits per heavy atom. The average Bonchev–Trinajstić information content (AvgIpc) is 3.14. The zero-order valence-corrected chi connectivity index (χ0v) is 21.4. The summed E-state index contributed by atoms with van der Waals surface area (Å²) in [4.78, 5) is 40.4. The minimum atomic E-state index is -0.967. The van der Waals surface area contributed by atoms with Gasteiger partial charge >= 0.3 is 0 Å². The molecule has 2 aromatic rings. The molecule has 2 aromatic carbocycles. The van der Waals surface area contributed by atoms with Gasteiger partial charge in [0.25, 0.3) is 17.4 Å². The summed E-state index contributed by atoms with van der Waals surface area (Å²) in [6, 6.07) is 9.73. The van der Waals surface area contributed by atoms with Crippen molar-refractivity contribution in [1.82, 2.24) is 9.80 Å². The number of Topliss-reactive ketones (excluding diaryl/α,β-unsaturated/α-hetero) is 1. The Morgan fingerprint density at radius 1 is 1.03 bits per heavy atom. The predicted octanol–water partition coefficient (Wildman–Crippen LogP) is 5.45. The molecule has 1 aliphatic heterocycles. The van der Waals surface area contributed by atoms with E-state index in [-0.39, 0.29) is 23.4 Å². The largest absolute Gasteiger partial charge is 0.507 e. The number of likely N-dealkylation sites (tertiary alicyclic amines) is 1. The first kappa shape index (κ1) is 28.0. The summed E-state index contributed by atoms with van der Waals surface area (Å²) in [5.41, 5.74) is 0.208. The molecular weight excluding hydrogens is 477 g/mol. The third-order valence-electron chi connectivity index (χ3n) is 6.59. The molecule has 0 radical (unpaired) electrons.